The second kappa shape index (κ2) is 5.30. The molecule has 0 saturated heterocycles. The molecule has 0 heterocycles. The van der Waals surface area contributed by atoms with Crippen molar-refractivity contribution in [2.24, 2.45) is 5.41 Å². The minimum Gasteiger partial charge on any atom is -0.482 e. The molecule has 6 heteroatoms. The molecule has 2 fully saturated rings. The molecule has 2 aliphatic rings. The number of nitro groups is 1. The van der Waals surface area contributed by atoms with Gasteiger partial charge in [0.25, 0.3) is 0 Å². The number of rotatable bonds is 3. The summed E-state index contributed by atoms with van der Waals surface area (Å²) < 4.78 is 5.84. The third kappa shape index (κ3) is 2.39. The van der Waals surface area contributed by atoms with E-state index in [9.17, 15) is 14.9 Å². The number of ether oxygens (including phenoxy) is 1. The largest absolute Gasteiger partial charge is 0.482 e. The van der Waals surface area contributed by atoms with Crippen molar-refractivity contribution in [3.8, 4) is 5.75 Å². The van der Waals surface area contributed by atoms with Gasteiger partial charge >= 0.3 is 5.69 Å². The molecule has 2 aliphatic carbocycles. The van der Waals surface area contributed by atoms with Crippen LogP contribution in [0.2, 0.25) is 5.02 Å². The zero-order chi connectivity index (χ0) is 15.0. The second-order valence-corrected chi connectivity index (χ2v) is 6.26. The smallest absolute Gasteiger partial charge is 0.311 e. The topological polar surface area (TPSA) is 69.4 Å². The normalized spacial score (nSPS) is 23.7. The van der Waals surface area contributed by atoms with Gasteiger partial charge in [-0.2, -0.15) is 0 Å². The maximum absolute atomic E-state index is 12.1. The van der Waals surface area contributed by atoms with Gasteiger partial charge in [-0.25, -0.2) is 0 Å². The molecular formula is C15H16ClNO4. The van der Waals surface area contributed by atoms with Crippen LogP contribution in [0.1, 0.15) is 38.5 Å². The van der Waals surface area contributed by atoms with Crippen LogP contribution in [0.15, 0.2) is 18.2 Å². The van der Waals surface area contributed by atoms with Gasteiger partial charge < -0.3 is 4.74 Å². The Labute approximate surface area is 127 Å². The first-order valence-electron chi connectivity index (χ1n) is 7.17. The highest BCUT2D eigenvalue weighted by Gasteiger charge is 2.56. The molecule has 1 spiro atoms. The van der Waals surface area contributed by atoms with Crippen molar-refractivity contribution < 1.29 is 14.5 Å². The van der Waals surface area contributed by atoms with Crippen LogP contribution in [0.3, 0.4) is 0 Å². The van der Waals surface area contributed by atoms with E-state index in [2.05, 4.69) is 0 Å². The summed E-state index contributed by atoms with van der Waals surface area (Å²) in [5.41, 5.74) is -0.529. The van der Waals surface area contributed by atoms with Gasteiger partial charge in [0.1, 0.15) is 11.9 Å². The monoisotopic (exact) mass is 309 g/mol. The number of halogens is 1. The van der Waals surface area contributed by atoms with E-state index in [1.54, 1.807) is 0 Å². The Kier molecular flexibility index (Phi) is 3.61. The summed E-state index contributed by atoms with van der Waals surface area (Å²) in [5, 5.41) is 11.5. The number of nitro benzene ring substituents is 1. The molecule has 112 valence electrons. The van der Waals surface area contributed by atoms with Crippen molar-refractivity contribution >= 4 is 23.1 Å². The predicted octanol–water partition coefficient (Wildman–Crippen LogP) is 3.92. The van der Waals surface area contributed by atoms with Gasteiger partial charge in [-0.1, -0.05) is 30.9 Å². The quantitative estimate of drug-likeness (QED) is 0.627. The van der Waals surface area contributed by atoms with E-state index in [4.69, 9.17) is 16.3 Å². The van der Waals surface area contributed by atoms with Crippen LogP contribution in [0.4, 0.5) is 5.69 Å². The van der Waals surface area contributed by atoms with E-state index in [-0.39, 0.29) is 23.3 Å². The van der Waals surface area contributed by atoms with Gasteiger partial charge in [0, 0.05) is 23.6 Å². The number of ketones is 1. The Hall–Kier alpha value is -1.62. The highest BCUT2D eigenvalue weighted by molar-refractivity contribution is 6.30. The Bertz CT molecular complexity index is 595. The summed E-state index contributed by atoms with van der Waals surface area (Å²) >= 11 is 5.90. The van der Waals surface area contributed by atoms with Crippen molar-refractivity contribution in [3.63, 3.8) is 0 Å². The molecule has 1 aromatic rings. The van der Waals surface area contributed by atoms with Crippen LogP contribution in [0, 0.1) is 15.5 Å². The third-order valence-electron chi connectivity index (χ3n) is 4.68. The van der Waals surface area contributed by atoms with Gasteiger partial charge in [0.2, 0.25) is 0 Å². The fourth-order valence-electron chi connectivity index (χ4n) is 3.44. The Morgan fingerprint density at radius 1 is 1.29 bits per heavy atom. The molecule has 0 aromatic heterocycles. The predicted molar refractivity (Wildman–Crippen MR) is 77.7 cm³/mol. The maximum Gasteiger partial charge on any atom is 0.311 e. The third-order valence-corrected chi connectivity index (χ3v) is 4.91. The molecule has 3 rings (SSSR count). The van der Waals surface area contributed by atoms with Crippen LogP contribution in [-0.4, -0.2) is 16.8 Å². The van der Waals surface area contributed by atoms with Crippen LogP contribution in [0.5, 0.6) is 5.75 Å². The van der Waals surface area contributed by atoms with E-state index >= 15 is 0 Å². The number of carbonyl (C=O) groups excluding carboxylic acids is 1. The van der Waals surface area contributed by atoms with Crippen molar-refractivity contribution in [2.45, 2.75) is 44.6 Å². The fourth-order valence-corrected chi connectivity index (χ4v) is 3.60. The molecule has 0 amide bonds. The van der Waals surface area contributed by atoms with Crippen LogP contribution >= 0.6 is 11.6 Å². The molecule has 0 radical (unpaired) electrons. The number of benzene rings is 1. The second-order valence-electron chi connectivity index (χ2n) is 5.82. The molecule has 1 unspecified atom stereocenters. The summed E-state index contributed by atoms with van der Waals surface area (Å²) in [4.78, 5) is 22.6. The first-order chi connectivity index (χ1) is 10.0. The number of carbonyl (C=O) groups is 1. The average molecular weight is 310 g/mol. The average Bonchev–Trinajstić information content (AvgIpc) is 2.47. The molecule has 21 heavy (non-hydrogen) atoms. The van der Waals surface area contributed by atoms with E-state index < -0.39 is 10.3 Å². The number of hydrogen-bond acceptors (Lipinski definition) is 4. The minimum absolute atomic E-state index is 0.107. The van der Waals surface area contributed by atoms with Crippen molar-refractivity contribution in [2.75, 3.05) is 0 Å². The van der Waals surface area contributed by atoms with Crippen molar-refractivity contribution in [1.29, 1.82) is 0 Å². The highest BCUT2D eigenvalue weighted by atomic mass is 35.5. The molecule has 0 aliphatic heterocycles. The number of Topliss-reactive ketones (excluding diaryl/α,β-unsaturated/α-hetero) is 1. The number of nitrogens with zero attached hydrogens (tertiary/aromatic N) is 1. The number of hydrogen-bond donors (Lipinski definition) is 0. The highest BCUT2D eigenvalue weighted by Crippen LogP contribution is 2.51. The lowest BCUT2D eigenvalue weighted by Gasteiger charge is -2.49. The van der Waals surface area contributed by atoms with Crippen molar-refractivity contribution in [3.05, 3.63) is 33.3 Å². The standard InChI is InChI=1S/C15H16ClNO4/c16-10-4-5-11(17(19)20)12(8-10)21-14-9-13(18)15(14)6-2-1-3-7-15/h4-5,8,14H,1-3,6-7,9H2. The van der Waals surface area contributed by atoms with E-state index in [0.717, 1.165) is 32.1 Å². The van der Waals surface area contributed by atoms with E-state index in [1.165, 1.54) is 18.2 Å². The first kappa shape index (κ1) is 14.3. The van der Waals surface area contributed by atoms with Gasteiger partial charge in [0.15, 0.2) is 5.75 Å². The van der Waals surface area contributed by atoms with E-state index in [1.807, 2.05) is 0 Å². The van der Waals surface area contributed by atoms with Crippen LogP contribution in [-0.2, 0) is 4.79 Å². The molecule has 1 atom stereocenters. The van der Waals surface area contributed by atoms with Gasteiger partial charge in [0.05, 0.1) is 10.3 Å². The Morgan fingerprint density at radius 3 is 2.62 bits per heavy atom. The van der Waals surface area contributed by atoms with Crippen molar-refractivity contribution in [1.82, 2.24) is 0 Å². The summed E-state index contributed by atoms with van der Waals surface area (Å²) in [5.74, 6) is 0.395. The molecule has 5 nitrogen and oxygen atoms in total. The fraction of sp³-hybridized carbons (Fsp3) is 0.533. The zero-order valence-corrected chi connectivity index (χ0v) is 12.3. The van der Waals surface area contributed by atoms with Gasteiger partial charge in [-0.05, 0) is 18.9 Å². The molecule has 0 bridgehead atoms. The zero-order valence-electron chi connectivity index (χ0n) is 11.5. The lowest BCUT2D eigenvalue weighted by molar-refractivity contribution is -0.386. The van der Waals surface area contributed by atoms with Gasteiger partial charge in [-0.3, -0.25) is 14.9 Å². The summed E-state index contributed by atoms with van der Waals surface area (Å²) in [6.07, 6.45) is 4.90. The molecule has 0 N–H and O–H groups in total. The van der Waals surface area contributed by atoms with Gasteiger partial charge in [-0.15, -0.1) is 0 Å². The van der Waals surface area contributed by atoms with Crippen LogP contribution < -0.4 is 4.74 Å². The minimum atomic E-state index is -0.486. The Morgan fingerprint density at radius 2 is 2.00 bits per heavy atom. The lowest BCUT2D eigenvalue weighted by Crippen LogP contribution is -2.57. The van der Waals surface area contributed by atoms with E-state index in [0.29, 0.717) is 11.4 Å². The molecule has 2 saturated carbocycles. The first-order valence-corrected chi connectivity index (χ1v) is 7.55. The maximum atomic E-state index is 12.1. The van der Waals surface area contributed by atoms with Crippen LogP contribution in [0.25, 0.3) is 0 Å². The molecular weight excluding hydrogens is 294 g/mol. The molecule has 1 aromatic carbocycles. The SMILES string of the molecule is O=C1CC(Oc2cc(Cl)ccc2[N+](=O)[O-])C12CCCCC2. The summed E-state index contributed by atoms with van der Waals surface area (Å²) in [6, 6.07) is 4.26. The summed E-state index contributed by atoms with van der Waals surface area (Å²) in [6.45, 7) is 0. The lowest BCUT2D eigenvalue weighted by atomic mass is 9.57. The summed E-state index contributed by atoms with van der Waals surface area (Å²) in [7, 11) is 0. The Balaban J connectivity index is 1.85.